The molecule has 0 aromatic carbocycles. The number of aryl methyl sites for hydroxylation is 1. The van der Waals surface area contributed by atoms with Crippen LogP contribution in [0.3, 0.4) is 0 Å². The zero-order valence-electron chi connectivity index (χ0n) is 7.96. The standard InChI is InChI=1S/C9H12ClN3O/c1-5(11)8(14)7-9(10)13-4-2-3-6(13)12-7/h5H,2-4,11H2,1H3. The minimum Gasteiger partial charge on any atom is -0.321 e. The predicted molar refractivity (Wildman–Crippen MR) is 53.5 cm³/mol. The van der Waals surface area contributed by atoms with Crippen LogP contribution in [0, 0.1) is 0 Å². The Bertz CT molecular complexity index is 384. The maximum absolute atomic E-state index is 11.6. The Balaban J connectivity index is 2.41. The number of rotatable bonds is 2. The molecule has 0 radical (unpaired) electrons. The number of halogens is 1. The van der Waals surface area contributed by atoms with Gasteiger partial charge in [-0.1, -0.05) is 11.6 Å². The molecule has 76 valence electrons. The maximum atomic E-state index is 11.6. The Morgan fingerprint density at radius 2 is 2.43 bits per heavy atom. The number of ketones is 1. The molecule has 4 nitrogen and oxygen atoms in total. The van der Waals surface area contributed by atoms with Gasteiger partial charge in [0.25, 0.3) is 0 Å². The van der Waals surface area contributed by atoms with Crippen LogP contribution in [-0.2, 0) is 13.0 Å². The normalized spacial score (nSPS) is 16.8. The minimum absolute atomic E-state index is 0.183. The molecule has 14 heavy (non-hydrogen) atoms. The zero-order valence-corrected chi connectivity index (χ0v) is 8.71. The van der Waals surface area contributed by atoms with Crippen molar-refractivity contribution < 1.29 is 4.79 Å². The fourth-order valence-electron chi connectivity index (χ4n) is 1.66. The van der Waals surface area contributed by atoms with Crippen molar-refractivity contribution in [2.24, 2.45) is 5.73 Å². The van der Waals surface area contributed by atoms with Crippen molar-refractivity contribution in [3.05, 3.63) is 16.7 Å². The van der Waals surface area contributed by atoms with E-state index in [-0.39, 0.29) is 5.78 Å². The molecule has 1 aliphatic rings. The topological polar surface area (TPSA) is 60.9 Å². The highest BCUT2D eigenvalue weighted by Gasteiger charge is 2.25. The Morgan fingerprint density at radius 3 is 3.00 bits per heavy atom. The monoisotopic (exact) mass is 213 g/mol. The molecular weight excluding hydrogens is 202 g/mol. The largest absolute Gasteiger partial charge is 0.321 e. The van der Waals surface area contributed by atoms with Gasteiger partial charge in [-0.3, -0.25) is 4.79 Å². The molecule has 0 bridgehead atoms. The Morgan fingerprint density at radius 1 is 1.71 bits per heavy atom. The molecule has 2 rings (SSSR count). The average Bonchev–Trinajstić information content (AvgIpc) is 2.68. The summed E-state index contributed by atoms with van der Waals surface area (Å²) < 4.78 is 1.89. The van der Waals surface area contributed by atoms with Crippen LogP contribution in [0.15, 0.2) is 0 Å². The van der Waals surface area contributed by atoms with E-state index in [0.29, 0.717) is 10.8 Å². The van der Waals surface area contributed by atoms with E-state index in [0.717, 1.165) is 25.2 Å². The van der Waals surface area contributed by atoms with Crippen molar-refractivity contribution in [1.82, 2.24) is 9.55 Å². The lowest BCUT2D eigenvalue weighted by Crippen LogP contribution is -2.27. The van der Waals surface area contributed by atoms with Crippen LogP contribution in [0.25, 0.3) is 0 Å². The SMILES string of the molecule is CC(N)C(=O)c1nc2n(c1Cl)CCC2. The molecule has 2 heterocycles. The van der Waals surface area contributed by atoms with Crippen LogP contribution in [0.1, 0.15) is 29.7 Å². The molecule has 1 unspecified atom stereocenters. The number of nitrogens with two attached hydrogens (primary N) is 1. The summed E-state index contributed by atoms with van der Waals surface area (Å²) in [5.74, 6) is 0.718. The summed E-state index contributed by atoms with van der Waals surface area (Å²) in [7, 11) is 0. The van der Waals surface area contributed by atoms with Crippen LogP contribution in [0.5, 0.6) is 0 Å². The molecule has 0 spiro atoms. The third-order valence-corrected chi connectivity index (χ3v) is 2.80. The van der Waals surface area contributed by atoms with Crippen LogP contribution in [-0.4, -0.2) is 21.4 Å². The highest BCUT2D eigenvalue weighted by atomic mass is 35.5. The molecule has 0 aliphatic carbocycles. The second-order valence-electron chi connectivity index (χ2n) is 3.58. The highest BCUT2D eigenvalue weighted by molar-refractivity contribution is 6.33. The van der Waals surface area contributed by atoms with E-state index in [4.69, 9.17) is 17.3 Å². The summed E-state index contributed by atoms with van der Waals surface area (Å²) in [6.07, 6.45) is 1.95. The van der Waals surface area contributed by atoms with Crippen molar-refractivity contribution in [2.45, 2.75) is 32.4 Å². The van der Waals surface area contributed by atoms with Crippen LogP contribution < -0.4 is 5.73 Å². The number of carbonyl (C=O) groups excluding carboxylic acids is 1. The summed E-state index contributed by atoms with van der Waals surface area (Å²) in [6.45, 7) is 2.50. The highest BCUT2D eigenvalue weighted by Crippen LogP contribution is 2.24. The number of Topliss-reactive ketones (excluding diaryl/α,β-unsaturated/α-hetero) is 1. The molecule has 2 N–H and O–H groups in total. The molecule has 0 saturated carbocycles. The second kappa shape index (κ2) is 3.37. The van der Waals surface area contributed by atoms with Gasteiger partial charge in [0.1, 0.15) is 16.7 Å². The van der Waals surface area contributed by atoms with Gasteiger partial charge in [-0.25, -0.2) is 4.98 Å². The van der Waals surface area contributed by atoms with Gasteiger partial charge in [-0.2, -0.15) is 0 Å². The van der Waals surface area contributed by atoms with Crippen molar-refractivity contribution in [1.29, 1.82) is 0 Å². The first-order valence-corrected chi connectivity index (χ1v) is 5.03. The lowest BCUT2D eigenvalue weighted by molar-refractivity contribution is 0.0963. The summed E-state index contributed by atoms with van der Waals surface area (Å²) in [5.41, 5.74) is 5.83. The van der Waals surface area contributed by atoms with Gasteiger partial charge < -0.3 is 10.3 Å². The lowest BCUT2D eigenvalue weighted by atomic mass is 10.2. The third kappa shape index (κ3) is 1.35. The van der Waals surface area contributed by atoms with Crippen LogP contribution in [0.2, 0.25) is 5.15 Å². The first-order chi connectivity index (χ1) is 6.61. The van der Waals surface area contributed by atoms with E-state index in [1.807, 2.05) is 4.57 Å². The number of aromatic nitrogens is 2. The van der Waals surface area contributed by atoms with Gasteiger partial charge >= 0.3 is 0 Å². The molecule has 1 aromatic rings. The number of hydrogen-bond acceptors (Lipinski definition) is 3. The summed E-state index contributed by atoms with van der Waals surface area (Å²) in [6, 6.07) is -0.539. The first-order valence-electron chi connectivity index (χ1n) is 4.66. The molecule has 0 fully saturated rings. The van der Waals surface area contributed by atoms with Crippen molar-refractivity contribution in [3.63, 3.8) is 0 Å². The summed E-state index contributed by atoms with van der Waals surface area (Å²) in [4.78, 5) is 15.8. The number of hydrogen-bond donors (Lipinski definition) is 1. The molecule has 1 aliphatic heterocycles. The fourth-order valence-corrected chi connectivity index (χ4v) is 1.98. The van der Waals surface area contributed by atoms with Gasteiger partial charge in [0.2, 0.25) is 5.78 Å². The van der Waals surface area contributed by atoms with E-state index in [2.05, 4.69) is 4.98 Å². The maximum Gasteiger partial charge on any atom is 0.200 e. The Hall–Kier alpha value is -0.870. The number of carbonyl (C=O) groups is 1. The minimum atomic E-state index is -0.539. The number of nitrogens with zero attached hydrogens (tertiary/aromatic N) is 2. The Labute approximate surface area is 87.1 Å². The van der Waals surface area contributed by atoms with Gasteiger partial charge in [-0.05, 0) is 13.3 Å². The average molecular weight is 214 g/mol. The van der Waals surface area contributed by atoms with Gasteiger partial charge in [0, 0.05) is 13.0 Å². The number of imidazole rings is 1. The fraction of sp³-hybridized carbons (Fsp3) is 0.556. The molecular formula is C9H12ClN3O. The second-order valence-corrected chi connectivity index (χ2v) is 3.93. The summed E-state index contributed by atoms with van der Waals surface area (Å²) in [5, 5.41) is 0.444. The molecule has 0 saturated heterocycles. The molecule has 1 aromatic heterocycles. The molecule has 1 atom stereocenters. The predicted octanol–water partition coefficient (Wildman–Crippen LogP) is 1.01. The van der Waals surface area contributed by atoms with Crippen LogP contribution >= 0.6 is 11.6 Å². The molecule has 5 heteroatoms. The quantitative estimate of drug-likeness (QED) is 0.746. The van der Waals surface area contributed by atoms with Crippen molar-refractivity contribution in [2.75, 3.05) is 0 Å². The smallest absolute Gasteiger partial charge is 0.200 e. The lowest BCUT2D eigenvalue weighted by Gasteiger charge is -2.02. The van der Waals surface area contributed by atoms with E-state index < -0.39 is 6.04 Å². The first kappa shape index (κ1) is 9.68. The van der Waals surface area contributed by atoms with E-state index >= 15 is 0 Å². The summed E-state index contributed by atoms with van der Waals surface area (Å²) >= 11 is 6.03. The zero-order chi connectivity index (χ0) is 10.3. The van der Waals surface area contributed by atoms with Gasteiger partial charge in [-0.15, -0.1) is 0 Å². The van der Waals surface area contributed by atoms with Gasteiger partial charge in [0.15, 0.2) is 0 Å². The van der Waals surface area contributed by atoms with Gasteiger partial charge in [0.05, 0.1) is 6.04 Å². The van der Waals surface area contributed by atoms with E-state index in [1.165, 1.54) is 0 Å². The van der Waals surface area contributed by atoms with E-state index in [1.54, 1.807) is 6.92 Å². The van der Waals surface area contributed by atoms with Crippen LogP contribution in [0.4, 0.5) is 0 Å². The van der Waals surface area contributed by atoms with E-state index in [9.17, 15) is 4.79 Å². The molecule has 0 amide bonds. The Kier molecular flexibility index (Phi) is 2.33. The van der Waals surface area contributed by atoms with Crippen molar-refractivity contribution >= 4 is 17.4 Å². The van der Waals surface area contributed by atoms with Crippen molar-refractivity contribution in [3.8, 4) is 0 Å². The number of fused-ring (bicyclic) bond motifs is 1. The third-order valence-electron chi connectivity index (χ3n) is 2.41.